The van der Waals surface area contributed by atoms with Gasteiger partial charge in [-0.2, -0.15) is 0 Å². The van der Waals surface area contributed by atoms with E-state index in [1.165, 1.54) is 12.1 Å². The van der Waals surface area contributed by atoms with Gasteiger partial charge in [-0.25, -0.2) is 13.1 Å². The first-order valence-electron chi connectivity index (χ1n) is 6.38. The van der Waals surface area contributed by atoms with Crippen LogP contribution in [0.25, 0.3) is 0 Å². The molecule has 1 atom stereocenters. The molecule has 1 amide bonds. The predicted octanol–water partition coefficient (Wildman–Crippen LogP) is 1.48. The molecule has 0 bridgehead atoms. The summed E-state index contributed by atoms with van der Waals surface area (Å²) in [5.41, 5.74) is 0. The maximum Gasteiger partial charge on any atom is 0.289 e. The molecule has 1 N–H and O–H groups in total. The van der Waals surface area contributed by atoms with E-state index in [1.54, 1.807) is 4.90 Å². The normalized spacial score (nSPS) is 20.1. The van der Waals surface area contributed by atoms with Crippen molar-refractivity contribution in [3.8, 4) is 0 Å². The van der Waals surface area contributed by atoms with E-state index in [9.17, 15) is 13.2 Å². The van der Waals surface area contributed by atoms with Crippen LogP contribution in [0.4, 0.5) is 0 Å². The van der Waals surface area contributed by atoms with Crippen LogP contribution in [0.15, 0.2) is 16.5 Å². The molecule has 8 heteroatoms. The van der Waals surface area contributed by atoms with Crippen LogP contribution in [0.1, 0.15) is 29.8 Å². The summed E-state index contributed by atoms with van der Waals surface area (Å²) in [6, 6.07) is 2.89. The van der Waals surface area contributed by atoms with Gasteiger partial charge in [0.1, 0.15) is 0 Å². The molecular weight excluding hydrogens is 304 g/mol. The maximum absolute atomic E-state index is 12.3. The van der Waals surface area contributed by atoms with Crippen LogP contribution in [-0.4, -0.2) is 44.6 Å². The molecule has 1 aliphatic rings. The molecule has 1 aromatic heterocycles. The van der Waals surface area contributed by atoms with Gasteiger partial charge < -0.3 is 9.32 Å². The van der Waals surface area contributed by atoms with Crippen molar-refractivity contribution in [2.75, 3.05) is 19.3 Å². The minimum Gasteiger partial charge on any atom is -0.440 e. The van der Waals surface area contributed by atoms with Gasteiger partial charge in [-0.05, 0) is 43.0 Å². The summed E-state index contributed by atoms with van der Waals surface area (Å²) in [6.07, 6.45) is 3.74. The second-order valence-electron chi connectivity index (χ2n) is 4.87. The highest BCUT2D eigenvalue weighted by Gasteiger charge is 2.29. The van der Waals surface area contributed by atoms with Gasteiger partial charge in [0.2, 0.25) is 10.0 Å². The van der Waals surface area contributed by atoms with Crippen LogP contribution in [0.3, 0.4) is 0 Å². The van der Waals surface area contributed by atoms with Crippen LogP contribution in [0.5, 0.6) is 0 Å². The number of furan rings is 1. The summed E-state index contributed by atoms with van der Waals surface area (Å²) in [7, 11) is -3.27. The van der Waals surface area contributed by atoms with Crippen LogP contribution in [0, 0.1) is 0 Å². The lowest BCUT2D eigenvalue weighted by atomic mass is 10.0. The first-order chi connectivity index (χ1) is 9.37. The van der Waals surface area contributed by atoms with Gasteiger partial charge in [-0.15, -0.1) is 0 Å². The van der Waals surface area contributed by atoms with Gasteiger partial charge in [0, 0.05) is 19.1 Å². The Morgan fingerprint density at radius 3 is 2.85 bits per heavy atom. The third kappa shape index (κ3) is 3.97. The molecule has 0 aromatic carbocycles. The van der Waals surface area contributed by atoms with E-state index >= 15 is 0 Å². The molecule has 1 saturated heterocycles. The Kier molecular flexibility index (Phi) is 4.72. The molecule has 1 aromatic rings. The molecule has 2 rings (SSSR count). The SMILES string of the molecule is CS(=O)(=O)NC[C@@H]1CCCCN1C(=O)c1ccc(Cl)o1. The molecular formula is C12H17ClN2O4S. The molecule has 20 heavy (non-hydrogen) atoms. The number of nitrogens with one attached hydrogen (secondary N) is 1. The fourth-order valence-electron chi connectivity index (χ4n) is 2.30. The number of sulfonamides is 1. The zero-order valence-electron chi connectivity index (χ0n) is 11.1. The average molecular weight is 321 g/mol. The highest BCUT2D eigenvalue weighted by Crippen LogP contribution is 2.21. The molecule has 1 fully saturated rings. The van der Waals surface area contributed by atoms with E-state index in [0.717, 1.165) is 25.5 Å². The minimum absolute atomic E-state index is 0.158. The number of nitrogens with zero attached hydrogens (tertiary/aromatic N) is 1. The smallest absolute Gasteiger partial charge is 0.289 e. The molecule has 1 aliphatic heterocycles. The lowest BCUT2D eigenvalue weighted by Crippen LogP contribution is -2.49. The first kappa shape index (κ1) is 15.3. The van der Waals surface area contributed by atoms with Crippen LogP contribution >= 0.6 is 11.6 Å². The molecule has 112 valence electrons. The van der Waals surface area contributed by atoms with Crippen molar-refractivity contribution in [2.45, 2.75) is 25.3 Å². The lowest BCUT2D eigenvalue weighted by Gasteiger charge is -2.35. The Morgan fingerprint density at radius 1 is 1.50 bits per heavy atom. The number of likely N-dealkylation sites (tertiary alicyclic amines) is 1. The molecule has 0 radical (unpaired) electrons. The summed E-state index contributed by atoms with van der Waals surface area (Å²) in [4.78, 5) is 14.0. The Hall–Kier alpha value is -1.05. The number of carbonyl (C=O) groups excluding carboxylic acids is 1. The van der Waals surface area contributed by atoms with Gasteiger partial charge in [0.25, 0.3) is 5.91 Å². The van der Waals surface area contributed by atoms with Crippen molar-refractivity contribution >= 4 is 27.5 Å². The number of piperidine rings is 1. The topological polar surface area (TPSA) is 79.6 Å². The molecule has 0 aliphatic carbocycles. The van der Waals surface area contributed by atoms with Gasteiger partial charge in [0.05, 0.1) is 6.26 Å². The van der Waals surface area contributed by atoms with Gasteiger partial charge >= 0.3 is 0 Å². The first-order valence-corrected chi connectivity index (χ1v) is 8.65. The lowest BCUT2D eigenvalue weighted by molar-refractivity contribution is 0.0586. The van der Waals surface area contributed by atoms with Gasteiger partial charge in [-0.1, -0.05) is 0 Å². The quantitative estimate of drug-likeness (QED) is 0.911. The van der Waals surface area contributed by atoms with E-state index in [1.807, 2.05) is 0 Å². The Balaban J connectivity index is 2.08. The van der Waals surface area contributed by atoms with Crippen LogP contribution < -0.4 is 4.72 Å². The van der Waals surface area contributed by atoms with E-state index < -0.39 is 10.0 Å². The summed E-state index contributed by atoms with van der Waals surface area (Å²) in [6.45, 7) is 0.812. The minimum atomic E-state index is -3.27. The van der Waals surface area contributed by atoms with E-state index in [4.69, 9.17) is 16.0 Å². The van der Waals surface area contributed by atoms with Crippen molar-refractivity contribution in [1.82, 2.24) is 9.62 Å². The Bertz CT molecular complexity index is 584. The fraction of sp³-hybridized carbons (Fsp3) is 0.583. The molecule has 0 saturated carbocycles. The van der Waals surface area contributed by atoms with Gasteiger partial charge in [0.15, 0.2) is 11.0 Å². The second-order valence-corrected chi connectivity index (χ2v) is 7.08. The van der Waals surface area contributed by atoms with E-state index in [-0.39, 0.29) is 29.5 Å². The maximum atomic E-state index is 12.3. The molecule has 0 unspecified atom stereocenters. The highest BCUT2D eigenvalue weighted by molar-refractivity contribution is 7.88. The van der Waals surface area contributed by atoms with Crippen molar-refractivity contribution in [3.05, 3.63) is 23.1 Å². The highest BCUT2D eigenvalue weighted by atomic mass is 35.5. The number of amides is 1. The number of carbonyl (C=O) groups is 1. The summed E-state index contributed by atoms with van der Waals surface area (Å²) >= 11 is 5.67. The van der Waals surface area contributed by atoms with Crippen molar-refractivity contribution in [1.29, 1.82) is 0 Å². The summed E-state index contributed by atoms with van der Waals surface area (Å²) in [5.74, 6) is -0.0712. The van der Waals surface area contributed by atoms with Crippen LogP contribution in [-0.2, 0) is 10.0 Å². The standard InChI is InChI=1S/C12H17ClN2O4S/c1-20(17,18)14-8-9-4-2-3-7-15(9)12(16)10-5-6-11(13)19-10/h5-6,9,14H,2-4,7-8H2,1H3/t9-/m0/s1. The zero-order chi connectivity index (χ0) is 14.8. The average Bonchev–Trinajstić information content (AvgIpc) is 2.82. The van der Waals surface area contributed by atoms with Crippen molar-refractivity contribution in [3.63, 3.8) is 0 Å². The largest absolute Gasteiger partial charge is 0.440 e. The summed E-state index contributed by atoms with van der Waals surface area (Å²) in [5, 5.41) is 0.163. The van der Waals surface area contributed by atoms with Crippen molar-refractivity contribution in [2.24, 2.45) is 0 Å². The van der Waals surface area contributed by atoms with Gasteiger partial charge in [-0.3, -0.25) is 4.79 Å². The summed E-state index contributed by atoms with van der Waals surface area (Å²) < 4.78 is 29.9. The number of rotatable bonds is 4. The third-order valence-electron chi connectivity index (χ3n) is 3.25. The Morgan fingerprint density at radius 2 is 2.25 bits per heavy atom. The van der Waals surface area contributed by atoms with E-state index in [2.05, 4.69) is 4.72 Å². The number of halogens is 1. The zero-order valence-corrected chi connectivity index (χ0v) is 12.7. The third-order valence-corrected chi connectivity index (χ3v) is 4.15. The number of hydrogen-bond donors (Lipinski definition) is 1. The fourth-order valence-corrected chi connectivity index (χ4v) is 2.94. The van der Waals surface area contributed by atoms with Crippen LogP contribution in [0.2, 0.25) is 5.22 Å². The number of hydrogen-bond acceptors (Lipinski definition) is 4. The van der Waals surface area contributed by atoms with Crippen molar-refractivity contribution < 1.29 is 17.6 Å². The Labute approximate surface area is 123 Å². The second kappa shape index (κ2) is 6.15. The predicted molar refractivity (Wildman–Crippen MR) is 75.2 cm³/mol. The molecule has 6 nitrogen and oxygen atoms in total. The monoisotopic (exact) mass is 320 g/mol. The molecule has 2 heterocycles. The van der Waals surface area contributed by atoms with E-state index in [0.29, 0.717) is 6.54 Å². The molecule has 0 spiro atoms.